The molecule has 0 saturated heterocycles. The van der Waals surface area contributed by atoms with E-state index in [2.05, 4.69) is 4.99 Å². The van der Waals surface area contributed by atoms with Crippen LogP contribution in [-0.4, -0.2) is 21.2 Å². The summed E-state index contributed by atoms with van der Waals surface area (Å²) in [7, 11) is 0. The van der Waals surface area contributed by atoms with Gasteiger partial charge >= 0.3 is 0 Å². The van der Waals surface area contributed by atoms with Gasteiger partial charge in [0.15, 0.2) is 10.6 Å². The molecule has 7 nitrogen and oxygen atoms in total. The van der Waals surface area contributed by atoms with E-state index in [0.717, 1.165) is 11.9 Å². The SMILES string of the molecule is CCCn1c(=NC(=O)c2ccc(C(=O)c3ccccc3)cc2)sc2cc([N+](=O)[O-])ccc21. The second kappa shape index (κ2) is 9.07. The van der Waals surface area contributed by atoms with Crippen molar-refractivity contribution in [2.75, 3.05) is 0 Å². The number of rotatable bonds is 6. The maximum atomic E-state index is 12.8. The van der Waals surface area contributed by atoms with Gasteiger partial charge in [-0.2, -0.15) is 4.99 Å². The highest BCUT2D eigenvalue weighted by Crippen LogP contribution is 2.23. The fourth-order valence-electron chi connectivity index (χ4n) is 3.37. The Kier molecular flexibility index (Phi) is 6.04. The van der Waals surface area contributed by atoms with Crippen molar-refractivity contribution in [3.8, 4) is 0 Å². The average Bonchev–Trinajstić information content (AvgIpc) is 3.15. The number of amides is 1. The van der Waals surface area contributed by atoms with E-state index in [4.69, 9.17) is 0 Å². The Morgan fingerprint density at radius 2 is 1.62 bits per heavy atom. The number of carbonyl (C=O) groups is 2. The second-order valence-corrected chi connectivity index (χ2v) is 8.14. The van der Waals surface area contributed by atoms with Crippen LogP contribution in [0.2, 0.25) is 0 Å². The van der Waals surface area contributed by atoms with Crippen molar-refractivity contribution < 1.29 is 14.5 Å². The number of aromatic nitrogens is 1. The Bertz CT molecular complexity index is 1390. The molecule has 0 aliphatic carbocycles. The molecule has 0 atom stereocenters. The van der Waals surface area contributed by atoms with E-state index in [9.17, 15) is 19.7 Å². The van der Waals surface area contributed by atoms with Crippen LogP contribution >= 0.6 is 11.3 Å². The minimum atomic E-state index is -0.441. The molecule has 0 saturated carbocycles. The zero-order valence-electron chi connectivity index (χ0n) is 17.2. The Labute approximate surface area is 187 Å². The number of nitrogens with zero attached hydrogens (tertiary/aromatic N) is 3. The Morgan fingerprint density at radius 3 is 2.28 bits per heavy atom. The first kappa shape index (κ1) is 21.3. The van der Waals surface area contributed by atoms with Crippen molar-refractivity contribution in [2.24, 2.45) is 4.99 Å². The predicted molar refractivity (Wildman–Crippen MR) is 123 cm³/mol. The van der Waals surface area contributed by atoms with Crippen LogP contribution in [0.5, 0.6) is 0 Å². The number of hydrogen-bond acceptors (Lipinski definition) is 5. The van der Waals surface area contributed by atoms with Gasteiger partial charge in [-0.3, -0.25) is 19.7 Å². The van der Waals surface area contributed by atoms with Crippen molar-refractivity contribution in [1.29, 1.82) is 0 Å². The minimum Gasteiger partial charge on any atom is -0.316 e. The molecule has 3 aromatic carbocycles. The van der Waals surface area contributed by atoms with E-state index in [1.54, 1.807) is 54.6 Å². The highest BCUT2D eigenvalue weighted by atomic mass is 32.1. The Balaban J connectivity index is 1.67. The molecule has 1 heterocycles. The summed E-state index contributed by atoms with van der Waals surface area (Å²) in [5.74, 6) is -0.553. The van der Waals surface area contributed by atoms with Gasteiger partial charge in [-0.25, -0.2) is 0 Å². The number of non-ortho nitro benzene ring substituents is 1. The van der Waals surface area contributed by atoms with Gasteiger partial charge in [-0.05, 0) is 24.6 Å². The molecule has 4 rings (SSSR count). The maximum absolute atomic E-state index is 12.8. The molecule has 0 aliphatic rings. The van der Waals surface area contributed by atoms with Crippen molar-refractivity contribution in [3.05, 3.63) is 104 Å². The van der Waals surface area contributed by atoms with Crippen LogP contribution in [0.3, 0.4) is 0 Å². The fourth-order valence-corrected chi connectivity index (χ4v) is 4.46. The van der Waals surface area contributed by atoms with Gasteiger partial charge < -0.3 is 4.57 Å². The molecule has 1 amide bonds. The normalized spacial score (nSPS) is 11.6. The van der Waals surface area contributed by atoms with Gasteiger partial charge in [0.25, 0.3) is 11.6 Å². The molecule has 0 spiro atoms. The van der Waals surface area contributed by atoms with Crippen molar-refractivity contribution in [3.63, 3.8) is 0 Å². The Hall–Kier alpha value is -3.91. The van der Waals surface area contributed by atoms with E-state index < -0.39 is 10.8 Å². The van der Waals surface area contributed by atoms with E-state index in [1.165, 1.54) is 23.5 Å². The highest BCUT2D eigenvalue weighted by molar-refractivity contribution is 7.16. The summed E-state index contributed by atoms with van der Waals surface area (Å²) < 4.78 is 2.59. The zero-order chi connectivity index (χ0) is 22.7. The third-order valence-corrected chi connectivity index (χ3v) is 5.99. The molecule has 0 unspecified atom stereocenters. The maximum Gasteiger partial charge on any atom is 0.279 e. The lowest BCUT2D eigenvalue weighted by Gasteiger charge is -2.03. The largest absolute Gasteiger partial charge is 0.316 e. The van der Waals surface area contributed by atoms with Gasteiger partial charge in [0.1, 0.15) is 0 Å². The van der Waals surface area contributed by atoms with Crippen LogP contribution in [0.4, 0.5) is 5.69 Å². The molecular weight excluding hydrogens is 426 g/mol. The number of carbonyl (C=O) groups excluding carboxylic acids is 2. The van der Waals surface area contributed by atoms with Gasteiger partial charge in [-0.15, -0.1) is 0 Å². The number of fused-ring (bicyclic) bond motifs is 1. The summed E-state index contributed by atoms with van der Waals surface area (Å²) in [6.45, 7) is 2.64. The summed E-state index contributed by atoms with van der Waals surface area (Å²) in [5, 5.41) is 11.1. The first-order chi connectivity index (χ1) is 15.5. The molecular formula is C24H19N3O4S. The number of nitro benzene ring substituents is 1. The predicted octanol–water partition coefficient (Wildman–Crippen LogP) is 4.99. The third kappa shape index (κ3) is 4.26. The van der Waals surface area contributed by atoms with Crippen LogP contribution in [0.25, 0.3) is 10.2 Å². The minimum absolute atomic E-state index is 0.000975. The van der Waals surface area contributed by atoms with Gasteiger partial charge in [0.2, 0.25) is 0 Å². The monoisotopic (exact) mass is 445 g/mol. The second-order valence-electron chi connectivity index (χ2n) is 7.13. The highest BCUT2D eigenvalue weighted by Gasteiger charge is 2.14. The van der Waals surface area contributed by atoms with E-state index >= 15 is 0 Å². The van der Waals surface area contributed by atoms with Gasteiger partial charge in [0, 0.05) is 35.4 Å². The van der Waals surface area contributed by atoms with Crippen LogP contribution in [0.1, 0.15) is 39.6 Å². The molecule has 0 N–H and O–H groups in total. The van der Waals surface area contributed by atoms with Crippen molar-refractivity contribution in [2.45, 2.75) is 19.9 Å². The topological polar surface area (TPSA) is 94.6 Å². The lowest BCUT2D eigenvalue weighted by atomic mass is 10.0. The van der Waals surface area contributed by atoms with Gasteiger partial charge in [-0.1, -0.05) is 60.7 Å². The summed E-state index contributed by atoms with van der Waals surface area (Å²) in [5.41, 5.74) is 2.23. The van der Waals surface area contributed by atoms with Crippen molar-refractivity contribution in [1.82, 2.24) is 4.57 Å². The molecule has 8 heteroatoms. The standard InChI is InChI=1S/C24H19N3O4S/c1-2-14-26-20-13-12-19(27(30)31)15-21(20)32-24(26)25-23(29)18-10-8-17(9-11-18)22(28)16-6-4-3-5-7-16/h3-13,15H,2,14H2,1H3. The third-order valence-electron chi connectivity index (χ3n) is 4.95. The lowest BCUT2D eigenvalue weighted by molar-refractivity contribution is -0.384. The van der Waals surface area contributed by atoms with Crippen LogP contribution < -0.4 is 4.80 Å². The molecule has 0 radical (unpaired) electrons. The molecule has 0 bridgehead atoms. The van der Waals surface area contributed by atoms with E-state index in [0.29, 0.717) is 32.7 Å². The van der Waals surface area contributed by atoms with Crippen LogP contribution in [0, 0.1) is 10.1 Å². The number of hydrogen-bond donors (Lipinski definition) is 0. The zero-order valence-corrected chi connectivity index (χ0v) is 18.0. The lowest BCUT2D eigenvalue weighted by Crippen LogP contribution is -2.16. The molecule has 1 aromatic heterocycles. The summed E-state index contributed by atoms with van der Waals surface area (Å²) in [4.78, 5) is 40.8. The summed E-state index contributed by atoms with van der Waals surface area (Å²) in [6.07, 6.45) is 0.820. The number of benzene rings is 3. The Morgan fingerprint density at radius 1 is 0.969 bits per heavy atom. The number of ketones is 1. The first-order valence-electron chi connectivity index (χ1n) is 10.0. The van der Waals surface area contributed by atoms with E-state index in [-0.39, 0.29) is 11.5 Å². The van der Waals surface area contributed by atoms with Crippen LogP contribution in [0.15, 0.2) is 77.8 Å². The molecule has 0 aliphatic heterocycles. The summed E-state index contributed by atoms with van der Waals surface area (Å²) in [6, 6.07) is 20.0. The fraction of sp³-hybridized carbons (Fsp3) is 0.125. The number of aryl methyl sites for hydroxylation is 1. The smallest absolute Gasteiger partial charge is 0.279 e. The number of nitro groups is 1. The average molecular weight is 446 g/mol. The van der Waals surface area contributed by atoms with Gasteiger partial charge in [0.05, 0.1) is 15.1 Å². The quantitative estimate of drug-likeness (QED) is 0.237. The molecule has 4 aromatic rings. The molecule has 32 heavy (non-hydrogen) atoms. The first-order valence-corrected chi connectivity index (χ1v) is 10.9. The summed E-state index contributed by atoms with van der Waals surface area (Å²) >= 11 is 1.24. The molecule has 160 valence electrons. The van der Waals surface area contributed by atoms with Crippen LogP contribution in [-0.2, 0) is 6.54 Å². The van der Waals surface area contributed by atoms with E-state index in [1.807, 2.05) is 17.6 Å². The molecule has 0 fully saturated rings. The van der Waals surface area contributed by atoms with Crippen molar-refractivity contribution >= 4 is 38.9 Å². The number of thiazole rings is 1.